The Labute approximate surface area is 116 Å². The summed E-state index contributed by atoms with van der Waals surface area (Å²) in [5.74, 6) is -2.98. The maximum Gasteiger partial charge on any atom is 0.352 e. The summed E-state index contributed by atoms with van der Waals surface area (Å²) in [5, 5.41) is 16.5. The third-order valence-electron chi connectivity index (χ3n) is 2.01. The number of primary amides is 1. The van der Waals surface area contributed by atoms with Gasteiger partial charge in [0.15, 0.2) is 0 Å². The second-order valence-electron chi connectivity index (χ2n) is 3.76. The van der Waals surface area contributed by atoms with Crippen LogP contribution in [0.1, 0.15) is 23.3 Å². The van der Waals surface area contributed by atoms with E-state index in [2.05, 4.69) is 0 Å². The standard InChI is InChI=1S/C5H4N2O4.C5H10N2O3/c8-3-1-2(4(9)10)6-5(11)7-3;6-3(5(9)10)1-2-4(7)8/h1H,(H,9,10)(H2,6,7,8,11);3H,1-2,6H2,(H2,7,8)(H,9,10)/t;3-/m.0/s1. The van der Waals surface area contributed by atoms with E-state index in [-0.39, 0.29) is 12.8 Å². The molecule has 11 nitrogen and oxygen atoms in total. The number of carboxylic acid groups (broad SMARTS) is 2. The van der Waals surface area contributed by atoms with Crippen molar-refractivity contribution in [3.63, 3.8) is 0 Å². The maximum atomic E-state index is 10.5. The Morgan fingerprint density at radius 2 is 1.76 bits per heavy atom. The van der Waals surface area contributed by atoms with Crippen LogP contribution in [-0.2, 0) is 9.59 Å². The van der Waals surface area contributed by atoms with Gasteiger partial charge in [-0.1, -0.05) is 0 Å². The molecule has 1 aromatic rings. The zero-order valence-electron chi connectivity index (χ0n) is 10.7. The normalized spacial score (nSPS) is 10.9. The molecule has 8 N–H and O–H groups in total. The largest absolute Gasteiger partial charge is 0.480 e. The predicted molar refractivity (Wildman–Crippen MR) is 68.7 cm³/mol. The van der Waals surface area contributed by atoms with Gasteiger partial charge in [-0.2, -0.15) is 0 Å². The van der Waals surface area contributed by atoms with Crippen LogP contribution < -0.4 is 22.7 Å². The van der Waals surface area contributed by atoms with Crippen LogP contribution in [0, 0.1) is 0 Å². The van der Waals surface area contributed by atoms with E-state index in [1.165, 1.54) is 0 Å². The van der Waals surface area contributed by atoms with Gasteiger partial charge in [-0.05, 0) is 6.42 Å². The van der Waals surface area contributed by atoms with Gasteiger partial charge in [-0.15, -0.1) is 0 Å². The molecule has 0 spiro atoms. The van der Waals surface area contributed by atoms with Gasteiger partial charge in [0.05, 0.1) is 0 Å². The Hall–Kier alpha value is -2.95. The number of nitrogens with two attached hydrogens (primary N) is 2. The molecule has 1 rings (SSSR count). The fourth-order valence-electron chi connectivity index (χ4n) is 1.01. The Kier molecular flexibility index (Phi) is 7.11. The summed E-state index contributed by atoms with van der Waals surface area (Å²) < 4.78 is 0. The molecule has 1 atom stereocenters. The van der Waals surface area contributed by atoms with Crippen LogP contribution in [0.3, 0.4) is 0 Å². The van der Waals surface area contributed by atoms with Gasteiger partial charge in [0.1, 0.15) is 11.7 Å². The molecule has 1 amide bonds. The van der Waals surface area contributed by atoms with Crippen molar-refractivity contribution in [1.82, 2.24) is 9.97 Å². The number of carbonyl (C=O) groups is 3. The van der Waals surface area contributed by atoms with E-state index < -0.39 is 40.8 Å². The summed E-state index contributed by atoms with van der Waals surface area (Å²) in [6, 6.07) is -0.184. The molecule has 11 heteroatoms. The van der Waals surface area contributed by atoms with Crippen molar-refractivity contribution in [1.29, 1.82) is 0 Å². The Morgan fingerprint density at radius 1 is 1.19 bits per heavy atom. The highest BCUT2D eigenvalue weighted by Crippen LogP contribution is 1.92. The zero-order valence-corrected chi connectivity index (χ0v) is 10.7. The number of aromatic amines is 2. The molecule has 0 fully saturated rings. The molecule has 0 bridgehead atoms. The van der Waals surface area contributed by atoms with Crippen molar-refractivity contribution in [2.75, 3.05) is 0 Å². The maximum absolute atomic E-state index is 10.5. The second-order valence-corrected chi connectivity index (χ2v) is 3.76. The fraction of sp³-hybridized carbons (Fsp3) is 0.300. The molecule has 0 saturated heterocycles. The second kappa shape index (κ2) is 8.27. The van der Waals surface area contributed by atoms with Crippen LogP contribution >= 0.6 is 0 Å². The molecule has 0 aliphatic carbocycles. The van der Waals surface area contributed by atoms with Crippen molar-refractivity contribution in [2.45, 2.75) is 18.9 Å². The topological polar surface area (TPSA) is 209 Å². The molecule has 116 valence electrons. The number of aromatic nitrogens is 2. The smallest absolute Gasteiger partial charge is 0.352 e. The van der Waals surface area contributed by atoms with Crippen LogP contribution in [0.15, 0.2) is 15.7 Å². The molecule has 21 heavy (non-hydrogen) atoms. The minimum atomic E-state index is -1.34. The quantitative estimate of drug-likeness (QED) is 0.339. The van der Waals surface area contributed by atoms with Crippen LogP contribution in [0.25, 0.3) is 0 Å². The van der Waals surface area contributed by atoms with E-state index in [1.807, 2.05) is 9.97 Å². The van der Waals surface area contributed by atoms with Crippen molar-refractivity contribution in [3.8, 4) is 0 Å². The molecule has 0 aliphatic heterocycles. The number of H-pyrrole nitrogens is 2. The van der Waals surface area contributed by atoms with Gasteiger partial charge >= 0.3 is 17.6 Å². The van der Waals surface area contributed by atoms with Gasteiger partial charge in [-0.3, -0.25) is 19.4 Å². The number of carbonyl (C=O) groups excluding carboxylic acids is 1. The molecule has 0 radical (unpaired) electrons. The van der Waals surface area contributed by atoms with Gasteiger partial charge in [0.25, 0.3) is 5.56 Å². The third kappa shape index (κ3) is 7.94. The van der Waals surface area contributed by atoms with Crippen molar-refractivity contribution in [3.05, 3.63) is 32.6 Å². The van der Waals surface area contributed by atoms with Gasteiger partial charge in [0, 0.05) is 12.5 Å². The zero-order chi connectivity index (χ0) is 16.6. The first-order valence-corrected chi connectivity index (χ1v) is 5.47. The van der Waals surface area contributed by atoms with E-state index in [1.54, 1.807) is 0 Å². The molecule has 0 unspecified atom stereocenters. The number of amides is 1. The van der Waals surface area contributed by atoms with Crippen LogP contribution in [0.5, 0.6) is 0 Å². The molecular formula is C10H14N4O7. The highest BCUT2D eigenvalue weighted by atomic mass is 16.4. The minimum absolute atomic E-state index is 0.0213. The Balaban J connectivity index is 0.000000384. The van der Waals surface area contributed by atoms with Gasteiger partial charge in [-0.25, -0.2) is 9.59 Å². The van der Waals surface area contributed by atoms with Crippen molar-refractivity contribution >= 4 is 17.8 Å². The lowest BCUT2D eigenvalue weighted by atomic mass is 10.2. The molecular weight excluding hydrogens is 288 g/mol. The van der Waals surface area contributed by atoms with E-state index in [0.29, 0.717) is 0 Å². The lowest BCUT2D eigenvalue weighted by Crippen LogP contribution is -2.31. The van der Waals surface area contributed by atoms with Gasteiger partial charge < -0.3 is 26.7 Å². The summed E-state index contributed by atoms with van der Waals surface area (Å²) in [6.45, 7) is 0. The number of nitrogens with one attached hydrogen (secondary N) is 2. The van der Waals surface area contributed by atoms with Crippen LogP contribution in [-0.4, -0.2) is 44.1 Å². The number of hydrogen-bond donors (Lipinski definition) is 6. The first-order chi connectivity index (χ1) is 9.63. The SMILES string of the molecule is NC(=O)CC[C@H](N)C(=O)O.O=C(O)c1cc(=O)[nH]c(=O)[nH]1. The van der Waals surface area contributed by atoms with Gasteiger partial charge in [0.2, 0.25) is 5.91 Å². The number of aliphatic carboxylic acids is 1. The monoisotopic (exact) mass is 302 g/mol. The lowest BCUT2D eigenvalue weighted by Gasteiger charge is -2.01. The summed E-state index contributed by atoms with van der Waals surface area (Å²) in [5.41, 5.74) is 7.84. The van der Waals surface area contributed by atoms with E-state index in [0.717, 1.165) is 6.07 Å². The van der Waals surface area contributed by atoms with E-state index in [9.17, 15) is 24.0 Å². The molecule has 0 aliphatic rings. The lowest BCUT2D eigenvalue weighted by molar-refractivity contribution is -0.138. The molecule has 1 aromatic heterocycles. The first-order valence-electron chi connectivity index (χ1n) is 5.47. The highest BCUT2D eigenvalue weighted by molar-refractivity contribution is 5.84. The number of hydrogen-bond acceptors (Lipinski definition) is 6. The average Bonchev–Trinajstić information content (AvgIpc) is 2.35. The van der Waals surface area contributed by atoms with Crippen LogP contribution in [0.2, 0.25) is 0 Å². The molecule has 1 heterocycles. The average molecular weight is 302 g/mol. The molecule has 0 aromatic carbocycles. The third-order valence-corrected chi connectivity index (χ3v) is 2.01. The summed E-state index contributed by atoms with van der Waals surface area (Å²) in [7, 11) is 0. The highest BCUT2D eigenvalue weighted by Gasteiger charge is 2.11. The summed E-state index contributed by atoms with van der Waals surface area (Å²) in [6.07, 6.45) is 0.123. The van der Waals surface area contributed by atoms with Crippen molar-refractivity contribution in [2.24, 2.45) is 11.5 Å². The Bertz CT molecular complexity index is 605. The fourth-order valence-corrected chi connectivity index (χ4v) is 1.01. The van der Waals surface area contributed by atoms with E-state index in [4.69, 9.17) is 21.7 Å². The Morgan fingerprint density at radius 3 is 2.14 bits per heavy atom. The first kappa shape index (κ1) is 18.0. The number of carboxylic acids is 2. The summed E-state index contributed by atoms with van der Waals surface area (Å²) >= 11 is 0. The van der Waals surface area contributed by atoms with Crippen molar-refractivity contribution < 1.29 is 24.6 Å². The summed E-state index contributed by atoms with van der Waals surface area (Å²) in [4.78, 5) is 55.0. The van der Waals surface area contributed by atoms with E-state index >= 15 is 0 Å². The minimum Gasteiger partial charge on any atom is -0.480 e. The molecule has 0 saturated carbocycles. The number of rotatable bonds is 5. The number of aromatic carboxylic acids is 1. The predicted octanol–water partition coefficient (Wildman–Crippen LogP) is -2.57. The van der Waals surface area contributed by atoms with Crippen LogP contribution in [0.4, 0.5) is 0 Å².